The van der Waals surface area contributed by atoms with E-state index in [9.17, 15) is 22.8 Å². The molecule has 1 heterocycles. The average molecular weight is 517 g/mol. The van der Waals surface area contributed by atoms with E-state index >= 15 is 0 Å². The van der Waals surface area contributed by atoms with Gasteiger partial charge in [0.05, 0.1) is 12.2 Å². The quantitative estimate of drug-likeness (QED) is 0.576. The number of amides is 2. The van der Waals surface area contributed by atoms with Crippen LogP contribution in [0.3, 0.4) is 0 Å². The summed E-state index contributed by atoms with van der Waals surface area (Å²) in [7, 11) is 0. The molecule has 35 heavy (non-hydrogen) atoms. The number of ether oxygens (including phenoxy) is 3. The summed E-state index contributed by atoms with van der Waals surface area (Å²) in [5.41, 5.74) is 0.229. The number of alkyl halides is 3. The van der Waals surface area contributed by atoms with Crippen LogP contribution in [0, 0.1) is 0 Å². The van der Waals surface area contributed by atoms with Crippen molar-refractivity contribution in [2.45, 2.75) is 93.5 Å². The number of benzene rings is 1. The van der Waals surface area contributed by atoms with Crippen LogP contribution in [0.25, 0.3) is 0 Å². The fraction of sp³-hybridized carbons (Fsp3) is 0.667. The van der Waals surface area contributed by atoms with Crippen molar-refractivity contribution < 1.29 is 37.0 Å². The van der Waals surface area contributed by atoms with Gasteiger partial charge in [-0.2, -0.15) is 0 Å². The average Bonchev–Trinajstić information content (AvgIpc) is 3.29. The lowest BCUT2D eigenvalue weighted by Gasteiger charge is -2.35. The van der Waals surface area contributed by atoms with Gasteiger partial charge in [-0.1, -0.05) is 11.6 Å². The molecule has 11 heteroatoms. The van der Waals surface area contributed by atoms with Crippen LogP contribution in [0.5, 0.6) is 5.75 Å². The Balaban J connectivity index is 1.07. The Kier molecular flexibility index (Phi) is 6.42. The van der Waals surface area contributed by atoms with Crippen molar-refractivity contribution in [2.75, 3.05) is 6.61 Å². The fourth-order valence-corrected chi connectivity index (χ4v) is 6.09. The molecule has 7 nitrogen and oxygen atoms in total. The highest BCUT2D eigenvalue weighted by Crippen LogP contribution is 2.50. The summed E-state index contributed by atoms with van der Waals surface area (Å²) in [6.45, 7) is -0.205. The van der Waals surface area contributed by atoms with Gasteiger partial charge in [0.2, 0.25) is 5.91 Å². The second-order valence-electron chi connectivity index (χ2n) is 10.3. The van der Waals surface area contributed by atoms with Crippen LogP contribution in [0.4, 0.5) is 13.2 Å². The Morgan fingerprint density at radius 2 is 1.77 bits per heavy atom. The first kappa shape index (κ1) is 24.6. The Bertz CT molecular complexity index is 990. The molecule has 2 amide bonds. The van der Waals surface area contributed by atoms with Crippen molar-refractivity contribution in [1.29, 1.82) is 0 Å². The van der Waals surface area contributed by atoms with Gasteiger partial charge in [-0.05, 0) is 68.7 Å². The van der Waals surface area contributed by atoms with E-state index in [1.165, 1.54) is 0 Å². The Morgan fingerprint density at radius 3 is 2.46 bits per heavy atom. The molecular formula is C24H28ClF3N2O5. The SMILES string of the molecule is O=C(COC1CC(OC(F)(F)F)C1)NC12CCC(NC(=O)C3CCc4cc(Cl)ccc4O3)(CC1)C2. The molecule has 2 bridgehead atoms. The molecule has 3 aliphatic carbocycles. The van der Waals surface area contributed by atoms with Gasteiger partial charge in [0.15, 0.2) is 6.10 Å². The Morgan fingerprint density at radius 1 is 1.09 bits per heavy atom. The molecular weight excluding hydrogens is 489 g/mol. The molecule has 0 spiro atoms. The second-order valence-corrected chi connectivity index (χ2v) is 10.7. The van der Waals surface area contributed by atoms with E-state index in [4.69, 9.17) is 21.1 Å². The molecule has 0 aromatic heterocycles. The van der Waals surface area contributed by atoms with Crippen molar-refractivity contribution in [3.63, 3.8) is 0 Å². The molecule has 5 rings (SSSR count). The molecule has 1 atom stereocenters. The minimum Gasteiger partial charge on any atom is -0.480 e. The normalized spacial score (nSPS) is 33.4. The van der Waals surface area contributed by atoms with Gasteiger partial charge >= 0.3 is 6.36 Å². The monoisotopic (exact) mass is 516 g/mol. The van der Waals surface area contributed by atoms with E-state index in [0.717, 1.165) is 31.2 Å². The first-order valence-corrected chi connectivity index (χ1v) is 12.3. The lowest BCUT2D eigenvalue weighted by molar-refractivity contribution is -0.357. The molecule has 4 aliphatic rings. The van der Waals surface area contributed by atoms with Crippen LogP contribution in [-0.4, -0.2) is 54.2 Å². The first-order chi connectivity index (χ1) is 16.5. The number of fused-ring (bicyclic) bond motifs is 3. The third-order valence-electron chi connectivity index (χ3n) is 7.70. The van der Waals surface area contributed by atoms with Gasteiger partial charge in [0.1, 0.15) is 12.4 Å². The molecule has 1 aromatic carbocycles. The molecule has 0 radical (unpaired) electrons. The molecule has 3 fully saturated rings. The highest BCUT2D eigenvalue weighted by molar-refractivity contribution is 6.30. The van der Waals surface area contributed by atoms with Crippen LogP contribution in [0.15, 0.2) is 18.2 Å². The van der Waals surface area contributed by atoms with E-state index in [2.05, 4.69) is 15.4 Å². The van der Waals surface area contributed by atoms with Crippen molar-refractivity contribution in [3.8, 4) is 5.75 Å². The number of hydrogen-bond donors (Lipinski definition) is 2. The maximum absolute atomic E-state index is 13.0. The van der Waals surface area contributed by atoms with Crippen molar-refractivity contribution >= 4 is 23.4 Å². The largest absolute Gasteiger partial charge is 0.522 e. The first-order valence-electron chi connectivity index (χ1n) is 12.0. The summed E-state index contributed by atoms with van der Waals surface area (Å²) < 4.78 is 51.9. The summed E-state index contributed by atoms with van der Waals surface area (Å²) in [5, 5.41) is 6.91. The minimum absolute atomic E-state index is 0.119. The van der Waals surface area contributed by atoms with Gasteiger partial charge in [-0.25, -0.2) is 0 Å². The van der Waals surface area contributed by atoms with E-state index in [1.807, 2.05) is 6.07 Å². The zero-order chi connectivity index (χ0) is 24.8. The van der Waals surface area contributed by atoms with Crippen LogP contribution >= 0.6 is 11.6 Å². The van der Waals surface area contributed by atoms with Gasteiger partial charge in [-0.3, -0.25) is 14.3 Å². The van der Waals surface area contributed by atoms with Gasteiger partial charge < -0.3 is 20.1 Å². The number of rotatable bonds is 7. The molecule has 192 valence electrons. The van der Waals surface area contributed by atoms with Gasteiger partial charge in [-0.15, -0.1) is 13.2 Å². The summed E-state index contributed by atoms with van der Waals surface area (Å²) in [4.78, 5) is 25.5. The van der Waals surface area contributed by atoms with E-state index in [1.54, 1.807) is 12.1 Å². The topological polar surface area (TPSA) is 85.9 Å². The maximum Gasteiger partial charge on any atom is 0.522 e. The molecule has 3 saturated carbocycles. The Hall–Kier alpha value is -2.04. The second kappa shape index (κ2) is 9.12. The van der Waals surface area contributed by atoms with E-state index < -0.39 is 30.2 Å². The molecule has 1 unspecified atom stereocenters. The van der Waals surface area contributed by atoms with Crippen LogP contribution < -0.4 is 15.4 Å². The van der Waals surface area contributed by atoms with E-state index in [-0.39, 0.29) is 36.8 Å². The smallest absolute Gasteiger partial charge is 0.480 e. The number of nitrogens with one attached hydrogen (secondary N) is 2. The number of aryl methyl sites for hydroxylation is 1. The minimum atomic E-state index is -4.65. The third-order valence-corrected chi connectivity index (χ3v) is 7.93. The maximum atomic E-state index is 13.0. The van der Waals surface area contributed by atoms with Crippen molar-refractivity contribution in [1.82, 2.24) is 10.6 Å². The third kappa shape index (κ3) is 5.54. The van der Waals surface area contributed by atoms with Gasteiger partial charge in [0, 0.05) is 28.9 Å². The molecule has 1 aromatic rings. The summed E-state index contributed by atoms with van der Waals surface area (Å²) in [6, 6.07) is 5.39. The lowest BCUT2D eigenvalue weighted by atomic mass is 9.90. The molecule has 2 N–H and O–H groups in total. The highest BCUT2D eigenvalue weighted by Gasteiger charge is 2.56. The lowest BCUT2D eigenvalue weighted by Crippen LogP contribution is -2.51. The van der Waals surface area contributed by atoms with Crippen LogP contribution in [-0.2, 0) is 25.5 Å². The summed E-state index contributed by atoms with van der Waals surface area (Å²) in [5.74, 6) is 0.249. The van der Waals surface area contributed by atoms with Crippen molar-refractivity contribution in [3.05, 3.63) is 28.8 Å². The standard InChI is InChI=1S/C24H28ClF3N2O5/c25-15-2-4-18-14(9-15)1-3-19(34-18)21(32)30-23-7-5-22(13-23,6-8-23)29-20(31)12-33-16-10-17(11-16)35-24(26,27)28/h2,4,9,16-17,19H,1,3,5-8,10-13H2,(H,29,31)(H,30,32). The number of halogens is 4. The van der Waals surface area contributed by atoms with Gasteiger partial charge in [0.25, 0.3) is 5.91 Å². The number of carbonyl (C=O) groups excluding carboxylic acids is 2. The number of carbonyl (C=O) groups is 2. The molecule has 0 saturated heterocycles. The Labute approximate surface area is 206 Å². The highest BCUT2D eigenvalue weighted by atomic mass is 35.5. The van der Waals surface area contributed by atoms with Crippen molar-refractivity contribution in [2.24, 2.45) is 0 Å². The number of hydrogen-bond acceptors (Lipinski definition) is 5. The zero-order valence-electron chi connectivity index (χ0n) is 19.1. The van der Waals surface area contributed by atoms with E-state index in [0.29, 0.717) is 30.0 Å². The summed E-state index contributed by atoms with van der Waals surface area (Å²) in [6.07, 6.45) is -1.35. The predicted molar refractivity (Wildman–Crippen MR) is 119 cm³/mol. The summed E-state index contributed by atoms with van der Waals surface area (Å²) >= 11 is 6.04. The predicted octanol–water partition coefficient (Wildman–Crippen LogP) is 3.81. The fourth-order valence-electron chi connectivity index (χ4n) is 5.89. The van der Waals surface area contributed by atoms with Crippen LogP contribution in [0.1, 0.15) is 56.9 Å². The zero-order valence-corrected chi connectivity index (χ0v) is 19.8. The molecule has 1 aliphatic heterocycles. The van der Waals surface area contributed by atoms with Crippen LogP contribution in [0.2, 0.25) is 5.02 Å².